The second-order valence-electron chi connectivity index (χ2n) is 13.5. The van der Waals surface area contributed by atoms with Crippen LogP contribution in [0.5, 0.6) is 0 Å². The molecule has 48 heavy (non-hydrogen) atoms. The Bertz CT molecular complexity index is 1680. The summed E-state index contributed by atoms with van der Waals surface area (Å²) in [5.41, 5.74) is 14.6. The van der Waals surface area contributed by atoms with Gasteiger partial charge < -0.3 is 24.8 Å². The fraction of sp³-hybridized carbons (Fsp3) is 0.372. The fourth-order valence-electron chi connectivity index (χ4n) is 8.44. The maximum absolute atomic E-state index is 6.56. The van der Waals surface area contributed by atoms with Crippen LogP contribution < -0.4 is 24.8 Å². The molecule has 2 unspecified atom stereocenters. The quantitative estimate of drug-likeness (QED) is 0.231. The maximum atomic E-state index is 6.56. The molecular formula is C43H48Cl2S2Zr. The maximum Gasteiger partial charge on any atom is -1.00 e. The van der Waals surface area contributed by atoms with Crippen LogP contribution in [0.2, 0.25) is 0 Å². The number of benzene rings is 2. The van der Waals surface area contributed by atoms with Crippen molar-refractivity contribution in [2.45, 2.75) is 92.9 Å². The van der Waals surface area contributed by atoms with Gasteiger partial charge >= 0.3 is 298 Å². The van der Waals surface area contributed by atoms with Crippen LogP contribution in [0.1, 0.15) is 104 Å². The van der Waals surface area contributed by atoms with Gasteiger partial charge in [-0.3, -0.25) is 0 Å². The van der Waals surface area contributed by atoms with E-state index in [0.29, 0.717) is 11.8 Å². The van der Waals surface area contributed by atoms with E-state index in [4.69, 9.17) is 24.4 Å². The predicted octanol–water partition coefficient (Wildman–Crippen LogP) is 6.32. The van der Waals surface area contributed by atoms with E-state index in [-0.39, 0.29) is 24.8 Å². The summed E-state index contributed by atoms with van der Waals surface area (Å²) in [4.78, 5) is 2.36. The molecule has 6 rings (SSSR count). The number of hydrogen-bond donors (Lipinski definition) is 0. The van der Waals surface area contributed by atoms with Gasteiger partial charge in [0.15, 0.2) is 0 Å². The molecule has 0 radical (unpaired) electrons. The number of thiocarbonyl (C=S) groups is 2. The smallest absolute Gasteiger partial charge is 1.00 e. The van der Waals surface area contributed by atoms with E-state index < -0.39 is 21.3 Å². The van der Waals surface area contributed by atoms with Crippen LogP contribution in [0.3, 0.4) is 0 Å². The molecule has 0 aromatic heterocycles. The van der Waals surface area contributed by atoms with Crippen LogP contribution >= 0.6 is 24.4 Å². The molecule has 0 amide bonds. The van der Waals surface area contributed by atoms with Crippen molar-refractivity contribution in [1.29, 1.82) is 0 Å². The zero-order chi connectivity index (χ0) is 32.5. The van der Waals surface area contributed by atoms with Gasteiger partial charge in [0.05, 0.1) is 0 Å². The molecular weight excluding hydrogens is 743 g/mol. The first-order chi connectivity index (χ1) is 22.4. The van der Waals surface area contributed by atoms with E-state index in [2.05, 4.69) is 114 Å². The summed E-state index contributed by atoms with van der Waals surface area (Å²) in [6, 6.07) is 22.4. The molecule has 0 heterocycles. The fourth-order valence-corrected chi connectivity index (χ4v) is 18.8. The zero-order valence-electron chi connectivity index (χ0n) is 29.3. The minimum absolute atomic E-state index is 0. The molecule has 2 aromatic carbocycles. The Kier molecular flexibility index (Phi) is 13.9. The number of rotatable bonds is 12. The number of hydrogen-bond acceptors (Lipinski definition) is 2. The van der Waals surface area contributed by atoms with Crippen molar-refractivity contribution in [3.05, 3.63) is 124 Å². The topological polar surface area (TPSA) is 0 Å². The van der Waals surface area contributed by atoms with Gasteiger partial charge in [0.25, 0.3) is 0 Å². The first-order valence-electron chi connectivity index (χ1n) is 17.6. The number of fused-ring (bicyclic) bond motifs is 2. The first kappa shape index (κ1) is 39.2. The normalized spacial score (nSPS) is 19.6. The Hall–Kier alpha value is -1.61. The zero-order valence-corrected chi connectivity index (χ0v) is 34.9. The minimum Gasteiger partial charge on any atom is -1.00 e. The van der Waals surface area contributed by atoms with Crippen LogP contribution in [0.15, 0.2) is 113 Å². The molecule has 250 valence electrons. The Balaban J connectivity index is 0.00000260. The van der Waals surface area contributed by atoms with Crippen LogP contribution in [0.25, 0.3) is 11.1 Å². The largest absolute Gasteiger partial charge is 1.00 e. The summed E-state index contributed by atoms with van der Waals surface area (Å²) in [6.45, 7) is 14.2. The van der Waals surface area contributed by atoms with E-state index in [1.165, 1.54) is 65.4 Å². The van der Waals surface area contributed by atoms with Crippen molar-refractivity contribution >= 4 is 48.5 Å². The van der Waals surface area contributed by atoms with Gasteiger partial charge in [-0.15, -0.1) is 0 Å². The molecule has 2 atom stereocenters. The van der Waals surface area contributed by atoms with Crippen molar-refractivity contribution in [3.63, 3.8) is 0 Å². The van der Waals surface area contributed by atoms with Crippen molar-refractivity contribution in [3.8, 4) is 0 Å². The first-order valence-corrected chi connectivity index (χ1v) is 22.1. The molecule has 0 saturated heterocycles. The molecule has 4 aliphatic rings. The molecule has 0 nitrogen and oxygen atoms in total. The molecule has 0 spiro atoms. The average Bonchev–Trinajstić information content (AvgIpc) is 3.77. The minimum atomic E-state index is -2.74. The van der Waals surface area contributed by atoms with Crippen LogP contribution in [-0.4, -0.2) is 12.9 Å². The van der Waals surface area contributed by atoms with Crippen molar-refractivity contribution in [2.24, 2.45) is 11.8 Å². The molecule has 0 N–H and O–H groups in total. The van der Waals surface area contributed by atoms with E-state index >= 15 is 0 Å². The van der Waals surface area contributed by atoms with Crippen LogP contribution in [0, 0.1) is 11.8 Å². The van der Waals surface area contributed by atoms with E-state index in [9.17, 15) is 0 Å². The monoisotopic (exact) mass is 788 g/mol. The second-order valence-corrected chi connectivity index (χ2v) is 21.3. The number of halogens is 2. The SMILES string of the molecule is CCCC1=C2C(=S)C(CCC)=[C]([Zr+2]([C]3=C(CCC)C(=S)C4=C(CCC)C=C(c5ccccc5)C43)=[C](C)C)C2C(c2ccccc2)=C1.[Cl-].[Cl-]. The molecule has 0 saturated carbocycles. The summed E-state index contributed by atoms with van der Waals surface area (Å²) < 4.78 is 5.14. The molecule has 2 aromatic rings. The molecule has 0 aliphatic heterocycles. The van der Waals surface area contributed by atoms with Gasteiger partial charge in [0.1, 0.15) is 0 Å². The Labute approximate surface area is 320 Å². The standard InChI is InChI=1S/2C20H21S.C3H6.2ClH.Zr/c2*1-3-8-15-12-17(14-10-6-5-7-11-14)18-13-16(9-4-2)20(21)19(15)18;1-3-2;;;/h2*5-7,10-12,18H,3-4,8-9H2,1-2H3;1-2H3;2*1H;/q;;;;;+2/p-2. The van der Waals surface area contributed by atoms with Crippen LogP contribution in [0.4, 0.5) is 0 Å². The Morgan fingerprint density at radius 1 is 0.562 bits per heavy atom. The molecule has 0 bridgehead atoms. The van der Waals surface area contributed by atoms with Gasteiger partial charge in [-0.25, -0.2) is 0 Å². The van der Waals surface area contributed by atoms with Gasteiger partial charge in [0, 0.05) is 0 Å². The Morgan fingerprint density at radius 2 is 0.917 bits per heavy atom. The van der Waals surface area contributed by atoms with Gasteiger partial charge in [-0.05, 0) is 0 Å². The second kappa shape index (κ2) is 17.1. The summed E-state index contributed by atoms with van der Waals surface area (Å²) >= 11 is 10.4. The summed E-state index contributed by atoms with van der Waals surface area (Å²) in [5, 5.41) is 0. The van der Waals surface area contributed by atoms with Gasteiger partial charge in [-0.1, -0.05) is 0 Å². The third-order valence-electron chi connectivity index (χ3n) is 10.1. The summed E-state index contributed by atoms with van der Waals surface area (Å²) in [5.74, 6) is 0.583. The van der Waals surface area contributed by atoms with E-state index in [1.54, 1.807) is 9.77 Å². The van der Waals surface area contributed by atoms with Gasteiger partial charge in [0.2, 0.25) is 0 Å². The number of allylic oxidation sites excluding steroid dienone is 12. The summed E-state index contributed by atoms with van der Waals surface area (Å²) in [7, 11) is 0. The molecule has 4 aliphatic carbocycles. The van der Waals surface area contributed by atoms with E-state index in [0.717, 1.165) is 51.4 Å². The third kappa shape index (κ3) is 6.86. The van der Waals surface area contributed by atoms with Crippen molar-refractivity contribution in [1.82, 2.24) is 0 Å². The molecule has 0 fully saturated rings. The van der Waals surface area contributed by atoms with Crippen molar-refractivity contribution in [2.75, 3.05) is 0 Å². The van der Waals surface area contributed by atoms with Crippen LogP contribution in [-0.2, 0) is 21.3 Å². The predicted molar refractivity (Wildman–Crippen MR) is 205 cm³/mol. The Morgan fingerprint density at radius 3 is 1.23 bits per heavy atom. The summed E-state index contributed by atoms with van der Waals surface area (Å²) in [6.07, 6.45) is 13.9. The van der Waals surface area contributed by atoms with Gasteiger partial charge in [-0.2, -0.15) is 0 Å². The third-order valence-corrected chi connectivity index (χ3v) is 19.0. The molecule has 5 heteroatoms. The van der Waals surface area contributed by atoms with Crippen molar-refractivity contribution < 1.29 is 46.1 Å². The van der Waals surface area contributed by atoms with E-state index in [1.807, 2.05) is 0 Å². The average molecular weight is 791 g/mol.